The molecule has 10 atom stereocenters. The van der Waals surface area contributed by atoms with Gasteiger partial charge in [-0.05, 0) is 92.3 Å². The second kappa shape index (κ2) is 9.28. The molecule has 0 aromatic rings. The van der Waals surface area contributed by atoms with Crippen LogP contribution in [0, 0.1) is 46.3 Å². The highest BCUT2D eigenvalue weighted by atomic mass is 79.9. The molecule has 4 aliphatic carbocycles. The first kappa shape index (κ1) is 25.2. The molecule has 0 N–H and O–H groups in total. The van der Waals surface area contributed by atoms with Crippen LogP contribution in [-0.4, -0.2) is 35.8 Å². The fourth-order valence-electron chi connectivity index (χ4n) is 8.92. The van der Waals surface area contributed by atoms with Gasteiger partial charge in [0.1, 0.15) is 6.10 Å². The standard InChI is InChI=1S/C27H41BrO5/c1-15(6-11-22(30)32-5)20-9-10-21-19-8-7-17-14-18(33-16(2)29)12-13-26(17,3)23(19)24(28)25(31)27(20,21)4/h15,17-21,23-24H,6-14H2,1-5H3/t15-,17+,18+,19-,20-,21+,23-,24+,26-,27-/m0/s1. The first-order chi connectivity index (χ1) is 15.5. The minimum atomic E-state index is -0.316. The molecule has 0 aromatic heterocycles. The summed E-state index contributed by atoms with van der Waals surface area (Å²) >= 11 is 3.96. The van der Waals surface area contributed by atoms with Gasteiger partial charge in [0.05, 0.1) is 11.9 Å². The van der Waals surface area contributed by atoms with E-state index in [1.807, 2.05) is 0 Å². The number of esters is 2. The molecule has 4 rings (SSSR count). The number of ether oxygens (including phenoxy) is 2. The SMILES string of the molecule is COC(=O)CC[C@H](C)[C@@H]1CC[C@@H]2[C@@H]3CC[C@@H]4C[C@H](OC(C)=O)CC[C@]4(C)[C@@H]3[C@@H](Br)C(=O)[C@]21C. The van der Waals surface area contributed by atoms with Crippen molar-refractivity contribution < 1.29 is 23.9 Å². The van der Waals surface area contributed by atoms with Gasteiger partial charge in [0.25, 0.3) is 0 Å². The first-order valence-corrected chi connectivity index (χ1v) is 13.9. The summed E-state index contributed by atoms with van der Waals surface area (Å²) in [7, 11) is 1.44. The number of halogens is 1. The third kappa shape index (κ3) is 4.10. The Bertz CT molecular complexity index is 797. The highest BCUT2D eigenvalue weighted by Gasteiger charge is 2.66. The number of ketones is 1. The Balaban J connectivity index is 1.55. The molecule has 0 aliphatic heterocycles. The average molecular weight is 526 g/mol. The predicted octanol–water partition coefficient (Wildman–Crippen LogP) is 5.72. The van der Waals surface area contributed by atoms with Crippen LogP contribution in [0.1, 0.15) is 85.5 Å². The molecule has 4 fully saturated rings. The van der Waals surface area contributed by atoms with Crippen LogP contribution in [0.4, 0.5) is 0 Å². The number of carbonyl (C=O) groups excluding carboxylic acids is 3. The van der Waals surface area contributed by atoms with Crippen molar-refractivity contribution in [1.82, 2.24) is 0 Å². The molecule has 0 radical (unpaired) electrons. The summed E-state index contributed by atoms with van der Waals surface area (Å²) < 4.78 is 10.4. The molecule has 33 heavy (non-hydrogen) atoms. The van der Waals surface area contributed by atoms with Gasteiger partial charge < -0.3 is 9.47 Å². The van der Waals surface area contributed by atoms with Gasteiger partial charge in [0.15, 0.2) is 5.78 Å². The summed E-state index contributed by atoms with van der Waals surface area (Å²) in [5, 5.41) is 0. The van der Waals surface area contributed by atoms with Crippen LogP contribution >= 0.6 is 15.9 Å². The minimum absolute atomic E-state index is 0.0296. The van der Waals surface area contributed by atoms with Crippen molar-refractivity contribution in [3.8, 4) is 0 Å². The Morgan fingerprint density at radius 2 is 1.88 bits per heavy atom. The van der Waals surface area contributed by atoms with Gasteiger partial charge in [-0.15, -0.1) is 0 Å². The van der Waals surface area contributed by atoms with Crippen molar-refractivity contribution in [2.75, 3.05) is 7.11 Å². The molecule has 0 unspecified atom stereocenters. The monoisotopic (exact) mass is 524 g/mol. The van der Waals surface area contributed by atoms with E-state index in [-0.39, 0.29) is 33.7 Å². The van der Waals surface area contributed by atoms with Gasteiger partial charge in [-0.2, -0.15) is 0 Å². The average Bonchev–Trinajstić information content (AvgIpc) is 3.13. The van der Waals surface area contributed by atoms with Crippen molar-refractivity contribution in [3.63, 3.8) is 0 Å². The first-order valence-electron chi connectivity index (χ1n) is 13.0. The van der Waals surface area contributed by atoms with Gasteiger partial charge >= 0.3 is 11.9 Å². The van der Waals surface area contributed by atoms with E-state index in [4.69, 9.17) is 9.47 Å². The summed E-state index contributed by atoms with van der Waals surface area (Å²) in [4.78, 5) is 37.2. The molecular weight excluding hydrogens is 484 g/mol. The zero-order valence-electron chi connectivity index (χ0n) is 20.9. The fraction of sp³-hybridized carbons (Fsp3) is 0.889. The summed E-state index contributed by atoms with van der Waals surface area (Å²) in [6.45, 7) is 8.37. The lowest BCUT2D eigenvalue weighted by Gasteiger charge is -2.62. The molecule has 0 saturated heterocycles. The smallest absolute Gasteiger partial charge is 0.305 e. The minimum Gasteiger partial charge on any atom is -0.469 e. The maximum atomic E-state index is 14.1. The zero-order valence-corrected chi connectivity index (χ0v) is 22.5. The number of fused-ring (bicyclic) bond motifs is 5. The van der Waals surface area contributed by atoms with Gasteiger partial charge in [-0.1, -0.05) is 36.7 Å². The van der Waals surface area contributed by atoms with Crippen molar-refractivity contribution in [2.45, 2.75) is 96.4 Å². The zero-order chi connectivity index (χ0) is 24.1. The third-order valence-electron chi connectivity index (χ3n) is 10.5. The van der Waals surface area contributed by atoms with E-state index in [0.29, 0.717) is 47.7 Å². The summed E-state index contributed by atoms with van der Waals surface area (Å²) in [6, 6.07) is 0. The van der Waals surface area contributed by atoms with Crippen molar-refractivity contribution in [2.24, 2.45) is 46.3 Å². The Morgan fingerprint density at radius 3 is 2.55 bits per heavy atom. The number of Topliss-reactive ketones (excluding diaryl/α,β-unsaturated/α-hetero) is 1. The molecule has 4 saturated carbocycles. The van der Waals surface area contributed by atoms with Gasteiger partial charge in [-0.3, -0.25) is 14.4 Å². The summed E-state index contributed by atoms with van der Waals surface area (Å²) in [5.41, 5.74) is -0.206. The second-order valence-corrected chi connectivity index (χ2v) is 12.9. The molecule has 5 nitrogen and oxygen atoms in total. The fourth-order valence-corrected chi connectivity index (χ4v) is 10.4. The summed E-state index contributed by atoms with van der Waals surface area (Å²) in [6.07, 6.45) is 8.62. The topological polar surface area (TPSA) is 69.7 Å². The predicted molar refractivity (Wildman–Crippen MR) is 130 cm³/mol. The van der Waals surface area contributed by atoms with E-state index in [1.165, 1.54) is 20.5 Å². The van der Waals surface area contributed by atoms with Crippen LogP contribution in [-0.2, 0) is 23.9 Å². The van der Waals surface area contributed by atoms with Gasteiger partial charge in [0.2, 0.25) is 0 Å². The lowest BCUT2D eigenvalue weighted by atomic mass is 9.44. The Kier molecular flexibility index (Phi) is 7.08. The van der Waals surface area contributed by atoms with Gasteiger partial charge in [-0.25, -0.2) is 0 Å². The van der Waals surface area contributed by atoms with E-state index in [2.05, 4.69) is 36.7 Å². The Labute approximate surface area is 207 Å². The molecule has 4 aliphatic rings. The number of hydrogen-bond acceptors (Lipinski definition) is 5. The normalized spacial score (nSPS) is 45.4. The second-order valence-electron chi connectivity index (χ2n) is 11.9. The molecule has 0 aromatic carbocycles. The van der Waals surface area contributed by atoms with E-state index in [0.717, 1.165) is 44.9 Å². The number of carbonyl (C=O) groups is 3. The Morgan fingerprint density at radius 1 is 1.15 bits per heavy atom. The molecule has 0 heterocycles. The molecule has 0 bridgehead atoms. The Hall–Kier alpha value is -0.910. The molecule has 0 spiro atoms. The van der Waals surface area contributed by atoms with Crippen molar-refractivity contribution in [3.05, 3.63) is 0 Å². The molecular formula is C27H41BrO5. The van der Waals surface area contributed by atoms with Crippen LogP contribution in [0.3, 0.4) is 0 Å². The van der Waals surface area contributed by atoms with Crippen molar-refractivity contribution >= 4 is 33.7 Å². The van der Waals surface area contributed by atoms with Crippen LogP contribution in [0.2, 0.25) is 0 Å². The molecule has 186 valence electrons. The number of rotatable bonds is 5. The van der Waals surface area contributed by atoms with Crippen LogP contribution in [0.25, 0.3) is 0 Å². The maximum Gasteiger partial charge on any atom is 0.305 e. The largest absolute Gasteiger partial charge is 0.469 e. The molecule has 6 heteroatoms. The quantitative estimate of drug-likeness (QED) is 0.339. The van der Waals surface area contributed by atoms with E-state index >= 15 is 0 Å². The number of alkyl halides is 1. The van der Waals surface area contributed by atoms with Crippen LogP contribution in [0.15, 0.2) is 0 Å². The summed E-state index contributed by atoms with van der Waals surface area (Å²) in [5.74, 6) is 2.54. The lowest BCUT2D eigenvalue weighted by Crippen LogP contribution is -2.62. The van der Waals surface area contributed by atoms with Gasteiger partial charge in [0, 0.05) is 18.8 Å². The maximum absolute atomic E-state index is 14.1. The van der Waals surface area contributed by atoms with Crippen LogP contribution < -0.4 is 0 Å². The molecule has 0 amide bonds. The lowest BCUT2D eigenvalue weighted by molar-refractivity contribution is -0.165. The highest BCUT2D eigenvalue weighted by Crippen LogP contribution is 2.68. The van der Waals surface area contributed by atoms with Crippen molar-refractivity contribution in [1.29, 1.82) is 0 Å². The van der Waals surface area contributed by atoms with E-state index < -0.39 is 0 Å². The third-order valence-corrected chi connectivity index (χ3v) is 11.5. The van der Waals surface area contributed by atoms with E-state index in [1.54, 1.807) is 0 Å². The number of hydrogen-bond donors (Lipinski definition) is 0. The van der Waals surface area contributed by atoms with Crippen LogP contribution in [0.5, 0.6) is 0 Å². The highest BCUT2D eigenvalue weighted by molar-refractivity contribution is 9.10. The van der Waals surface area contributed by atoms with E-state index in [9.17, 15) is 14.4 Å². The number of methoxy groups -OCH3 is 1.